The molecule has 1 aliphatic heterocycles. The molecule has 0 aromatic heterocycles. The van der Waals surface area contributed by atoms with Gasteiger partial charge in [0.2, 0.25) is 0 Å². The molecule has 2 heteroatoms. The molecule has 1 N–H and O–H groups in total. The second-order valence-electron chi connectivity index (χ2n) is 3.73. The van der Waals surface area contributed by atoms with E-state index in [4.69, 9.17) is 0 Å². The predicted octanol–water partition coefficient (Wildman–Crippen LogP) is 1.88. The van der Waals surface area contributed by atoms with Gasteiger partial charge in [-0.2, -0.15) is 11.8 Å². The minimum Gasteiger partial charge on any atom is -0.317 e. The fourth-order valence-corrected chi connectivity index (χ4v) is 2.97. The van der Waals surface area contributed by atoms with Crippen LogP contribution in [0.1, 0.15) is 25.7 Å². The van der Waals surface area contributed by atoms with Gasteiger partial charge in [0.05, 0.1) is 0 Å². The molecule has 1 nitrogen and oxygen atoms in total. The van der Waals surface area contributed by atoms with Crippen LogP contribution in [-0.4, -0.2) is 24.1 Å². The maximum atomic E-state index is 3.40. The molecule has 0 amide bonds. The number of hydrogen-bond acceptors (Lipinski definition) is 2. The van der Waals surface area contributed by atoms with Crippen LogP contribution in [0.15, 0.2) is 0 Å². The Morgan fingerprint density at radius 2 is 1.82 bits per heavy atom. The van der Waals surface area contributed by atoms with E-state index in [0.29, 0.717) is 0 Å². The molecule has 64 valence electrons. The second kappa shape index (κ2) is 3.81. The molecular weight excluding hydrogens is 154 g/mol. The lowest BCUT2D eigenvalue weighted by molar-refractivity contribution is 0.531. The van der Waals surface area contributed by atoms with Crippen LogP contribution in [0.3, 0.4) is 0 Å². The number of hydrogen-bond donors (Lipinski definition) is 1. The summed E-state index contributed by atoms with van der Waals surface area (Å²) in [7, 11) is 0. The highest BCUT2D eigenvalue weighted by molar-refractivity contribution is 7.99. The highest BCUT2D eigenvalue weighted by Crippen LogP contribution is 2.35. The Labute approximate surface area is 73.3 Å². The van der Waals surface area contributed by atoms with Crippen LogP contribution in [0.25, 0.3) is 0 Å². The molecule has 0 atom stereocenters. The zero-order valence-electron chi connectivity index (χ0n) is 7.01. The number of rotatable bonds is 3. The Hall–Kier alpha value is 0.310. The molecule has 0 radical (unpaired) electrons. The zero-order chi connectivity index (χ0) is 7.52. The van der Waals surface area contributed by atoms with Crippen molar-refractivity contribution < 1.29 is 0 Å². The van der Waals surface area contributed by atoms with Crippen molar-refractivity contribution in [3.63, 3.8) is 0 Å². The molecule has 0 unspecified atom stereocenters. The van der Waals surface area contributed by atoms with E-state index >= 15 is 0 Å². The predicted molar refractivity (Wildman–Crippen MR) is 51.1 cm³/mol. The van der Waals surface area contributed by atoms with Crippen LogP contribution >= 0.6 is 11.8 Å². The van der Waals surface area contributed by atoms with Crippen molar-refractivity contribution in [3.05, 3.63) is 0 Å². The lowest BCUT2D eigenvalue weighted by Crippen LogP contribution is -2.29. The molecule has 0 bridgehead atoms. The van der Waals surface area contributed by atoms with E-state index in [-0.39, 0.29) is 0 Å². The Balaban J connectivity index is 1.59. The molecule has 0 spiro atoms. The average Bonchev–Trinajstić information content (AvgIpc) is 2.86. The Bertz CT molecular complexity index is 117. The summed E-state index contributed by atoms with van der Waals surface area (Å²) in [6.07, 6.45) is 5.82. The Morgan fingerprint density at radius 1 is 1.09 bits per heavy atom. The van der Waals surface area contributed by atoms with Crippen molar-refractivity contribution in [2.24, 2.45) is 5.92 Å². The maximum absolute atomic E-state index is 3.40. The molecule has 1 heterocycles. The molecule has 1 aliphatic carbocycles. The molecule has 2 rings (SSSR count). The first-order valence-corrected chi connectivity index (χ1v) is 5.82. The van der Waals surface area contributed by atoms with Crippen molar-refractivity contribution in [1.82, 2.24) is 5.32 Å². The molecule has 1 saturated heterocycles. The van der Waals surface area contributed by atoms with Gasteiger partial charge >= 0.3 is 0 Å². The fourth-order valence-electron chi connectivity index (χ4n) is 1.52. The summed E-state index contributed by atoms with van der Waals surface area (Å²) < 4.78 is 0. The van der Waals surface area contributed by atoms with Crippen molar-refractivity contribution >= 4 is 11.8 Å². The quantitative estimate of drug-likeness (QED) is 0.696. The van der Waals surface area contributed by atoms with Gasteiger partial charge in [-0.05, 0) is 50.4 Å². The van der Waals surface area contributed by atoms with Gasteiger partial charge in [0.15, 0.2) is 0 Å². The fraction of sp³-hybridized carbons (Fsp3) is 1.00. The topological polar surface area (TPSA) is 12.0 Å². The van der Waals surface area contributed by atoms with E-state index in [1.165, 1.54) is 44.5 Å². The summed E-state index contributed by atoms with van der Waals surface area (Å²) in [5.41, 5.74) is 0. The van der Waals surface area contributed by atoms with E-state index in [0.717, 1.165) is 11.2 Å². The van der Waals surface area contributed by atoms with Crippen LogP contribution < -0.4 is 5.32 Å². The van der Waals surface area contributed by atoms with E-state index in [1.54, 1.807) is 0 Å². The summed E-state index contributed by atoms with van der Waals surface area (Å²) in [5.74, 6) is 2.56. The molecule has 0 aromatic carbocycles. The van der Waals surface area contributed by atoms with E-state index < -0.39 is 0 Å². The average molecular weight is 171 g/mol. The third-order valence-corrected chi connectivity index (χ3v) is 4.16. The van der Waals surface area contributed by atoms with Gasteiger partial charge in [0, 0.05) is 5.25 Å². The highest BCUT2D eigenvalue weighted by Gasteiger charge is 2.23. The van der Waals surface area contributed by atoms with E-state index in [1.807, 2.05) is 0 Å². The maximum Gasteiger partial charge on any atom is 0.00712 e. The first-order valence-electron chi connectivity index (χ1n) is 4.77. The Morgan fingerprint density at radius 3 is 2.45 bits per heavy atom. The van der Waals surface area contributed by atoms with Crippen molar-refractivity contribution in [2.45, 2.75) is 30.9 Å². The zero-order valence-corrected chi connectivity index (χ0v) is 7.83. The summed E-state index contributed by atoms with van der Waals surface area (Å²) >= 11 is 2.23. The summed E-state index contributed by atoms with van der Waals surface area (Å²) in [6, 6.07) is 0. The lowest BCUT2D eigenvalue weighted by Gasteiger charge is -2.21. The van der Waals surface area contributed by atoms with Crippen LogP contribution in [0, 0.1) is 5.92 Å². The van der Waals surface area contributed by atoms with Gasteiger partial charge in [0.25, 0.3) is 0 Å². The van der Waals surface area contributed by atoms with Crippen molar-refractivity contribution in [1.29, 1.82) is 0 Å². The third kappa shape index (κ3) is 2.68. The molecule has 2 fully saturated rings. The van der Waals surface area contributed by atoms with Gasteiger partial charge < -0.3 is 5.32 Å². The summed E-state index contributed by atoms with van der Waals surface area (Å²) in [5, 5.41) is 4.39. The summed E-state index contributed by atoms with van der Waals surface area (Å²) in [4.78, 5) is 0. The van der Waals surface area contributed by atoms with Crippen LogP contribution in [0.4, 0.5) is 0 Å². The normalized spacial score (nSPS) is 27.3. The van der Waals surface area contributed by atoms with Gasteiger partial charge in [-0.1, -0.05) is 0 Å². The third-order valence-electron chi connectivity index (χ3n) is 2.55. The number of piperidine rings is 1. The first-order chi connectivity index (χ1) is 5.45. The standard InChI is InChI=1S/C9H17NS/c1-2-8(1)7-11-9-3-5-10-6-4-9/h8-10H,1-7H2. The largest absolute Gasteiger partial charge is 0.317 e. The summed E-state index contributed by atoms with van der Waals surface area (Å²) in [6.45, 7) is 2.50. The monoisotopic (exact) mass is 171 g/mol. The second-order valence-corrected chi connectivity index (χ2v) is 5.06. The van der Waals surface area contributed by atoms with Gasteiger partial charge in [0.1, 0.15) is 0 Å². The molecule has 1 saturated carbocycles. The Kier molecular flexibility index (Phi) is 2.75. The first kappa shape index (κ1) is 7.93. The molecule has 0 aromatic rings. The molecule has 2 aliphatic rings. The molecule has 11 heavy (non-hydrogen) atoms. The number of nitrogens with one attached hydrogen (secondary N) is 1. The minimum atomic E-state index is 0.983. The van der Waals surface area contributed by atoms with Gasteiger partial charge in [-0.25, -0.2) is 0 Å². The van der Waals surface area contributed by atoms with Crippen LogP contribution in [0.2, 0.25) is 0 Å². The van der Waals surface area contributed by atoms with Gasteiger partial charge in [-0.3, -0.25) is 0 Å². The SMILES string of the molecule is C1CC(SCC2CC2)CCN1. The smallest absolute Gasteiger partial charge is 0.00712 e. The van der Waals surface area contributed by atoms with Gasteiger partial charge in [-0.15, -0.1) is 0 Å². The minimum absolute atomic E-state index is 0.983. The van der Waals surface area contributed by atoms with Crippen LogP contribution in [-0.2, 0) is 0 Å². The van der Waals surface area contributed by atoms with Crippen molar-refractivity contribution in [2.75, 3.05) is 18.8 Å². The lowest BCUT2D eigenvalue weighted by atomic mass is 10.2. The van der Waals surface area contributed by atoms with Crippen molar-refractivity contribution in [3.8, 4) is 0 Å². The van der Waals surface area contributed by atoms with Crippen LogP contribution in [0.5, 0.6) is 0 Å². The van der Waals surface area contributed by atoms with E-state index in [9.17, 15) is 0 Å². The molecular formula is C9H17NS. The van der Waals surface area contributed by atoms with E-state index in [2.05, 4.69) is 17.1 Å². The number of thioether (sulfide) groups is 1. The highest BCUT2D eigenvalue weighted by atomic mass is 32.2.